The summed E-state index contributed by atoms with van der Waals surface area (Å²) in [4.78, 5) is 3.68. The molecule has 3 nitrogen and oxygen atoms in total. The van der Waals surface area contributed by atoms with Crippen molar-refractivity contribution in [3.8, 4) is 11.5 Å². The summed E-state index contributed by atoms with van der Waals surface area (Å²) in [6, 6.07) is 1.25. The molecule has 0 bridgehead atoms. The zero-order chi connectivity index (χ0) is 12.9. The van der Waals surface area contributed by atoms with Crippen molar-refractivity contribution in [1.29, 1.82) is 0 Å². The first kappa shape index (κ1) is 13.7. The van der Waals surface area contributed by atoms with Crippen LogP contribution < -0.4 is 9.47 Å². The largest absolute Gasteiger partial charge is 0.486 e. The van der Waals surface area contributed by atoms with E-state index in [9.17, 15) is 8.78 Å². The van der Waals surface area contributed by atoms with Crippen LogP contribution in [0.4, 0.5) is 8.78 Å². The molecule has 0 saturated heterocycles. The maximum Gasteiger partial charge on any atom is 0.289 e. The average Bonchev–Trinajstić information content (AvgIpc) is 2.40. The molecule has 0 aliphatic carbocycles. The van der Waals surface area contributed by atoms with Gasteiger partial charge < -0.3 is 9.47 Å². The second-order valence-corrected chi connectivity index (χ2v) is 3.27. The van der Waals surface area contributed by atoms with E-state index in [1.807, 2.05) is 13.8 Å². The number of aromatic nitrogens is 1. The van der Waals surface area contributed by atoms with E-state index in [2.05, 4.69) is 4.98 Å². The van der Waals surface area contributed by atoms with Gasteiger partial charge in [0.15, 0.2) is 11.5 Å². The van der Waals surface area contributed by atoms with Crippen LogP contribution in [0.5, 0.6) is 11.5 Å². The fraction of sp³-hybridized carbons (Fsp3) is 0.583. The van der Waals surface area contributed by atoms with Crippen molar-refractivity contribution in [2.24, 2.45) is 0 Å². The SMILES string of the molecule is CC.CCC(F)(F)c1cc2c(cn1)OCCO2. The van der Waals surface area contributed by atoms with Gasteiger partial charge in [0.05, 0.1) is 6.20 Å². The lowest BCUT2D eigenvalue weighted by molar-refractivity contribution is -0.0133. The smallest absolute Gasteiger partial charge is 0.289 e. The number of hydrogen-bond acceptors (Lipinski definition) is 3. The van der Waals surface area contributed by atoms with Crippen LogP contribution in [0.2, 0.25) is 0 Å². The Morgan fingerprint density at radius 3 is 2.41 bits per heavy atom. The number of fused-ring (bicyclic) bond motifs is 1. The van der Waals surface area contributed by atoms with E-state index < -0.39 is 5.92 Å². The van der Waals surface area contributed by atoms with Crippen LogP contribution in [0, 0.1) is 0 Å². The molecule has 0 aromatic carbocycles. The summed E-state index contributed by atoms with van der Waals surface area (Å²) in [5.41, 5.74) is -0.269. The molecule has 0 atom stereocenters. The molecule has 2 rings (SSSR count). The maximum absolute atomic E-state index is 13.3. The van der Waals surface area contributed by atoms with E-state index in [1.165, 1.54) is 19.2 Å². The van der Waals surface area contributed by atoms with E-state index in [0.29, 0.717) is 24.7 Å². The second kappa shape index (κ2) is 5.80. The van der Waals surface area contributed by atoms with Crippen LogP contribution >= 0.6 is 0 Å². The van der Waals surface area contributed by atoms with E-state index in [0.717, 1.165) is 0 Å². The van der Waals surface area contributed by atoms with Crippen LogP contribution in [-0.4, -0.2) is 18.2 Å². The number of halogens is 2. The zero-order valence-electron chi connectivity index (χ0n) is 10.3. The summed E-state index contributed by atoms with van der Waals surface area (Å²) in [6.45, 7) is 6.23. The number of hydrogen-bond donors (Lipinski definition) is 0. The highest BCUT2D eigenvalue weighted by Crippen LogP contribution is 2.36. The molecule has 5 heteroatoms. The Morgan fingerprint density at radius 2 is 1.82 bits per heavy atom. The number of alkyl halides is 2. The Bertz CT molecular complexity index is 370. The third-order valence-corrected chi connectivity index (χ3v) is 2.25. The molecule has 0 spiro atoms. The molecule has 96 valence electrons. The molecule has 0 unspecified atom stereocenters. The lowest BCUT2D eigenvalue weighted by atomic mass is 10.1. The van der Waals surface area contributed by atoms with Crippen molar-refractivity contribution in [2.45, 2.75) is 33.1 Å². The first-order valence-corrected chi connectivity index (χ1v) is 5.77. The fourth-order valence-electron chi connectivity index (χ4n) is 1.33. The Morgan fingerprint density at radius 1 is 1.24 bits per heavy atom. The van der Waals surface area contributed by atoms with Crippen LogP contribution in [0.3, 0.4) is 0 Å². The molecular weight excluding hydrogens is 228 g/mol. The van der Waals surface area contributed by atoms with E-state index in [1.54, 1.807) is 0 Å². The Kier molecular flexibility index (Phi) is 4.66. The van der Waals surface area contributed by atoms with Crippen molar-refractivity contribution >= 4 is 0 Å². The highest BCUT2D eigenvalue weighted by molar-refractivity contribution is 5.40. The van der Waals surface area contributed by atoms with Gasteiger partial charge >= 0.3 is 0 Å². The Balaban J connectivity index is 0.000000686. The summed E-state index contributed by atoms with van der Waals surface area (Å²) >= 11 is 0. The third kappa shape index (κ3) is 3.05. The van der Waals surface area contributed by atoms with Crippen molar-refractivity contribution in [1.82, 2.24) is 4.98 Å². The molecule has 0 N–H and O–H groups in total. The van der Waals surface area contributed by atoms with Gasteiger partial charge in [-0.1, -0.05) is 20.8 Å². The van der Waals surface area contributed by atoms with Crippen LogP contribution in [0.1, 0.15) is 32.9 Å². The standard InChI is InChI=1S/C10H11F2NO2.C2H6/c1-2-10(11,12)9-5-7-8(6-13-9)15-4-3-14-7;1-2/h5-6H,2-4H2,1H3;1-2H3. The molecule has 0 radical (unpaired) electrons. The minimum Gasteiger partial charge on any atom is -0.486 e. The lowest BCUT2D eigenvalue weighted by Crippen LogP contribution is -2.18. The second-order valence-electron chi connectivity index (χ2n) is 3.27. The molecule has 2 heterocycles. The predicted octanol–water partition coefficient (Wildman–Crippen LogP) is 3.38. The predicted molar refractivity (Wildman–Crippen MR) is 60.8 cm³/mol. The Hall–Kier alpha value is -1.39. The first-order valence-electron chi connectivity index (χ1n) is 5.77. The minimum atomic E-state index is -2.91. The number of nitrogens with zero attached hydrogens (tertiary/aromatic N) is 1. The maximum atomic E-state index is 13.3. The van der Waals surface area contributed by atoms with Crippen LogP contribution in [0.15, 0.2) is 12.3 Å². The van der Waals surface area contributed by atoms with E-state index in [4.69, 9.17) is 9.47 Å². The van der Waals surface area contributed by atoms with Crippen molar-refractivity contribution in [2.75, 3.05) is 13.2 Å². The molecule has 0 fully saturated rings. The van der Waals surface area contributed by atoms with Gasteiger partial charge in [0.1, 0.15) is 18.9 Å². The molecular formula is C12H17F2NO2. The normalized spacial score (nSPS) is 13.7. The van der Waals surface area contributed by atoms with Crippen LogP contribution in [0.25, 0.3) is 0 Å². The van der Waals surface area contributed by atoms with Crippen molar-refractivity contribution in [3.05, 3.63) is 18.0 Å². The van der Waals surface area contributed by atoms with Gasteiger partial charge in [-0.3, -0.25) is 4.98 Å². The van der Waals surface area contributed by atoms with Crippen molar-refractivity contribution in [3.63, 3.8) is 0 Å². The molecule has 1 aromatic rings. The zero-order valence-corrected chi connectivity index (χ0v) is 10.3. The Labute approximate surface area is 99.8 Å². The average molecular weight is 245 g/mol. The monoisotopic (exact) mass is 245 g/mol. The topological polar surface area (TPSA) is 31.4 Å². The van der Waals surface area contributed by atoms with Gasteiger partial charge in [-0.15, -0.1) is 0 Å². The highest BCUT2D eigenvalue weighted by Gasteiger charge is 2.32. The minimum absolute atomic E-state index is 0.269. The van der Waals surface area contributed by atoms with Gasteiger partial charge in [0, 0.05) is 12.5 Å². The van der Waals surface area contributed by atoms with Gasteiger partial charge in [-0.05, 0) is 0 Å². The number of rotatable bonds is 2. The van der Waals surface area contributed by atoms with E-state index in [-0.39, 0.29) is 12.1 Å². The van der Waals surface area contributed by atoms with Gasteiger partial charge in [0.2, 0.25) is 0 Å². The number of ether oxygens (including phenoxy) is 2. The molecule has 1 aliphatic heterocycles. The molecule has 1 aliphatic rings. The highest BCUT2D eigenvalue weighted by atomic mass is 19.3. The molecule has 1 aromatic heterocycles. The molecule has 0 saturated carbocycles. The van der Waals surface area contributed by atoms with Gasteiger partial charge in [0.25, 0.3) is 5.92 Å². The van der Waals surface area contributed by atoms with Crippen molar-refractivity contribution < 1.29 is 18.3 Å². The van der Waals surface area contributed by atoms with Gasteiger partial charge in [-0.25, -0.2) is 0 Å². The summed E-state index contributed by atoms with van der Waals surface area (Å²) in [5.74, 6) is -2.13. The molecule has 17 heavy (non-hydrogen) atoms. The summed E-state index contributed by atoms with van der Waals surface area (Å²) < 4.78 is 37.0. The summed E-state index contributed by atoms with van der Waals surface area (Å²) in [7, 11) is 0. The third-order valence-electron chi connectivity index (χ3n) is 2.25. The summed E-state index contributed by atoms with van der Waals surface area (Å²) in [5, 5.41) is 0. The fourth-order valence-corrected chi connectivity index (χ4v) is 1.33. The first-order chi connectivity index (χ1) is 8.13. The molecule has 0 amide bonds. The lowest BCUT2D eigenvalue weighted by Gasteiger charge is -2.20. The summed E-state index contributed by atoms with van der Waals surface area (Å²) in [6.07, 6.45) is 1.01. The quantitative estimate of drug-likeness (QED) is 0.800. The number of pyridine rings is 1. The van der Waals surface area contributed by atoms with E-state index >= 15 is 0 Å². The van der Waals surface area contributed by atoms with Gasteiger partial charge in [-0.2, -0.15) is 8.78 Å². The van der Waals surface area contributed by atoms with Crippen LogP contribution in [-0.2, 0) is 5.92 Å².